The monoisotopic (exact) mass is 350 g/mol. The highest BCUT2D eigenvalue weighted by Crippen LogP contribution is 2.41. The third kappa shape index (κ3) is 1.58. The van der Waals surface area contributed by atoms with Gasteiger partial charge in [-0.2, -0.15) is 0 Å². The third-order valence-corrected chi connectivity index (χ3v) is 6.03. The lowest BCUT2D eigenvalue weighted by molar-refractivity contribution is -0.924. The molecule has 4 aromatic rings. The molecule has 2 aliphatic rings. The van der Waals surface area contributed by atoms with Gasteiger partial charge in [-0.1, -0.05) is 18.2 Å². The Balaban J connectivity index is 1.79. The molecular weight excluding hydrogens is 336 g/mol. The summed E-state index contributed by atoms with van der Waals surface area (Å²) in [5.41, 5.74) is 5.61. The number of benzene rings is 1. The largest absolute Gasteiger partial charge is 0.455 e. The highest BCUT2D eigenvalue weighted by atomic mass is 32.1. The van der Waals surface area contributed by atoms with Crippen molar-refractivity contribution in [1.82, 2.24) is 0 Å². The Bertz CT molecular complexity index is 1180. The maximum Gasteiger partial charge on any atom is 0.455 e. The van der Waals surface area contributed by atoms with E-state index in [9.17, 15) is 0 Å². The molecule has 0 fully saturated rings. The zero-order valence-corrected chi connectivity index (χ0v) is 14.7. The molecule has 1 atom stereocenters. The molecule has 5 heterocycles. The molecule has 120 valence electrons. The van der Waals surface area contributed by atoms with Gasteiger partial charge in [0.1, 0.15) is 5.56 Å². The molecule has 0 radical (unpaired) electrons. The Morgan fingerprint density at radius 2 is 1.62 bits per heavy atom. The average molecular weight is 350 g/mol. The zero-order chi connectivity index (χ0) is 17.1. The number of hydrogen-bond donors (Lipinski definition) is 0. The molecule has 3 aromatic heterocycles. The van der Waals surface area contributed by atoms with Crippen LogP contribution in [0.3, 0.4) is 0 Å². The van der Waals surface area contributed by atoms with Gasteiger partial charge in [-0.3, -0.25) is 0 Å². The van der Waals surface area contributed by atoms with Gasteiger partial charge in [0, 0.05) is 24.3 Å². The number of hydrogen-bond acceptors (Lipinski definition) is 1. The molecule has 26 heavy (non-hydrogen) atoms. The minimum atomic E-state index is -0.525. The minimum Gasteiger partial charge on any atom is -0.135 e. The summed E-state index contributed by atoms with van der Waals surface area (Å²) in [6.45, 7) is 0. The molecule has 0 saturated carbocycles. The van der Waals surface area contributed by atoms with Crippen molar-refractivity contribution < 1.29 is 9.13 Å². The van der Waals surface area contributed by atoms with E-state index in [1.54, 1.807) is 11.3 Å². The van der Waals surface area contributed by atoms with Crippen molar-refractivity contribution in [2.75, 3.05) is 0 Å². The lowest BCUT2D eigenvalue weighted by Gasteiger charge is -2.09. The fraction of sp³-hybridized carbons (Fsp3) is 0.0435. The lowest BCUT2D eigenvalue weighted by atomic mass is 9.97. The van der Waals surface area contributed by atoms with Crippen LogP contribution >= 0.6 is 11.3 Å². The van der Waals surface area contributed by atoms with E-state index in [2.05, 4.69) is 105 Å². The number of thiophene rings is 1. The Hall–Kier alpha value is -3.22. The van der Waals surface area contributed by atoms with Gasteiger partial charge < -0.3 is 0 Å². The van der Waals surface area contributed by atoms with Crippen LogP contribution < -0.4 is 9.13 Å². The number of rotatable bonds is 0. The minimum absolute atomic E-state index is 0.525. The topological polar surface area (TPSA) is 7.76 Å². The first-order chi connectivity index (χ1) is 12.9. The summed E-state index contributed by atoms with van der Waals surface area (Å²) in [6.07, 6.45) is 2.15. The molecule has 1 aromatic carbocycles. The highest BCUT2D eigenvalue weighted by molar-refractivity contribution is 7.10. The molecular formula is C23H14N2S+2. The SMILES string of the molecule is C(#CC12c3ccccc3-c3cccc([n+]31)-c1cccc[n+]12)c1cccs1. The van der Waals surface area contributed by atoms with Gasteiger partial charge in [0.2, 0.25) is 5.69 Å². The maximum absolute atomic E-state index is 3.65. The van der Waals surface area contributed by atoms with Gasteiger partial charge in [0.15, 0.2) is 6.20 Å². The quantitative estimate of drug-likeness (QED) is 0.338. The molecule has 0 N–H and O–H groups in total. The van der Waals surface area contributed by atoms with Crippen LogP contribution in [0.4, 0.5) is 0 Å². The molecule has 0 amide bonds. The third-order valence-electron chi connectivity index (χ3n) is 5.24. The fourth-order valence-corrected chi connectivity index (χ4v) is 4.82. The van der Waals surface area contributed by atoms with Crippen molar-refractivity contribution in [2.45, 2.75) is 5.66 Å². The molecule has 3 heteroatoms. The summed E-state index contributed by atoms with van der Waals surface area (Å²) in [4.78, 5) is 1.09. The predicted molar refractivity (Wildman–Crippen MR) is 101 cm³/mol. The predicted octanol–water partition coefficient (Wildman–Crippen LogP) is 3.59. The standard InChI is InChI=1S/C23H14N2S/c1-2-9-19-18(8-1)20-11-5-12-22-21-10-3-4-15-24(21)23(19,25(20)22)14-13-17-7-6-16-26-17/h1-12,15-16H/q+2. The molecule has 0 saturated heterocycles. The van der Waals surface area contributed by atoms with E-state index < -0.39 is 5.66 Å². The molecule has 0 spiro atoms. The Labute approximate surface area is 155 Å². The van der Waals surface area contributed by atoms with Gasteiger partial charge in [-0.15, -0.1) is 20.5 Å². The van der Waals surface area contributed by atoms with E-state index >= 15 is 0 Å². The van der Waals surface area contributed by atoms with Crippen molar-refractivity contribution in [3.63, 3.8) is 0 Å². The summed E-state index contributed by atoms with van der Waals surface area (Å²) in [6, 6.07) is 25.7. The summed E-state index contributed by atoms with van der Waals surface area (Å²) in [7, 11) is 0. The fourth-order valence-electron chi connectivity index (χ4n) is 4.25. The second-order valence-corrected chi connectivity index (χ2v) is 7.48. The maximum atomic E-state index is 3.65. The highest BCUT2D eigenvalue weighted by Gasteiger charge is 2.66. The van der Waals surface area contributed by atoms with E-state index in [1.807, 2.05) is 0 Å². The van der Waals surface area contributed by atoms with E-state index in [-0.39, 0.29) is 0 Å². The van der Waals surface area contributed by atoms with Crippen molar-refractivity contribution in [3.8, 4) is 34.5 Å². The summed E-state index contributed by atoms with van der Waals surface area (Å²) >= 11 is 1.68. The van der Waals surface area contributed by atoms with Crippen LogP contribution in [-0.2, 0) is 5.66 Å². The van der Waals surface area contributed by atoms with Crippen LogP contribution in [0, 0.1) is 11.8 Å². The first kappa shape index (κ1) is 14.0. The first-order valence-electron chi connectivity index (χ1n) is 8.63. The molecule has 0 bridgehead atoms. The van der Waals surface area contributed by atoms with Gasteiger partial charge >= 0.3 is 5.66 Å². The van der Waals surface area contributed by atoms with Crippen molar-refractivity contribution in [1.29, 1.82) is 0 Å². The summed E-state index contributed by atoms with van der Waals surface area (Å²) in [5.74, 6) is 7.10. The molecule has 0 aliphatic carbocycles. The van der Waals surface area contributed by atoms with Crippen LogP contribution in [0.15, 0.2) is 84.4 Å². The van der Waals surface area contributed by atoms with Crippen molar-refractivity contribution in [2.24, 2.45) is 0 Å². The molecule has 6 rings (SSSR count). The lowest BCUT2D eigenvalue weighted by Crippen LogP contribution is -2.67. The normalized spacial score (nSPS) is 17.8. The van der Waals surface area contributed by atoms with E-state index in [0.29, 0.717) is 0 Å². The Kier molecular flexibility index (Phi) is 2.64. The number of nitrogens with zero attached hydrogens (tertiary/aromatic N) is 2. The van der Waals surface area contributed by atoms with Crippen LogP contribution in [0.2, 0.25) is 0 Å². The summed E-state index contributed by atoms with van der Waals surface area (Å²) in [5, 5.41) is 2.08. The molecule has 1 unspecified atom stereocenters. The first-order valence-corrected chi connectivity index (χ1v) is 9.51. The number of pyridine rings is 2. The zero-order valence-electron chi connectivity index (χ0n) is 13.9. The second kappa shape index (κ2) is 4.91. The van der Waals surface area contributed by atoms with Crippen molar-refractivity contribution >= 4 is 11.3 Å². The smallest absolute Gasteiger partial charge is 0.135 e. The number of aromatic nitrogens is 2. The van der Waals surface area contributed by atoms with E-state index in [4.69, 9.17) is 0 Å². The van der Waals surface area contributed by atoms with Crippen LogP contribution in [-0.4, -0.2) is 0 Å². The second-order valence-electron chi connectivity index (χ2n) is 6.53. The Morgan fingerprint density at radius 1 is 0.769 bits per heavy atom. The summed E-state index contributed by atoms with van der Waals surface area (Å²) < 4.78 is 4.71. The van der Waals surface area contributed by atoms with Crippen LogP contribution in [0.25, 0.3) is 22.6 Å². The van der Waals surface area contributed by atoms with E-state index in [1.165, 1.54) is 28.2 Å². The van der Waals surface area contributed by atoms with Crippen LogP contribution in [0.1, 0.15) is 10.4 Å². The average Bonchev–Trinajstić information content (AvgIpc) is 3.38. The van der Waals surface area contributed by atoms with Gasteiger partial charge in [-0.25, -0.2) is 0 Å². The van der Waals surface area contributed by atoms with Gasteiger partial charge in [-0.05, 0) is 41.6 Å². The van der Waals surface area contributed by atoms with E-state index in [0.717, 1.165) is 4.88 Å². The van der Waals surface area contributed by atoms with Gasteiger partial charge in [0.05, 0.1) is 16.4 Å². The van der Waals surface area contributed by atoms with Crippen molar-refractivity contribution in [3.05, 3.63) is 94.8 Å². The number of fused-ring (bicyclic) bond motifs is 6. The van der Waals surface area contributed by atoms with Gasteiger partial charge in [0.25, 0.3) is 11.4 Å². The molecule has 2 nitrogen and oxygen atoms in total. The van der Waals surface area contributed by atoms with Crippen LogP contribution in [0.5, 0.6) is 0 Å². The Morgan fingerprint density at radius 3 is 2.54 bits per heavy atom. The molecule has 2 aliphatic heterocycles.